The average Bonchev–Trinajstić information content (AvgIpc) is 4.20. The minimum atomic E-state index is -0.839. The zero-order valence-corrected chi connectivity index (χ0v) is 46.3. The van der Waals surface area contributed by atoms with Crippen LogP contribution in [0.5, 0.6) is 0 Å². The highest BCUT2D eigenvalue weighted by Gasteiger charge is 2.19. The van der Waals surface area contributed by atoms with Gasteiger partial charge in [-0.05, 0) is 102 Å². The lowest BCUT2D eigenvalue weighted by atomic mass is 10.2. The molecule has 0 saturated heterocycles. The van der Waals surface area contributed by atoms with Gasteiger partial charge < -0.3 is 0 Å². The summed E-state index contributed by atoms with van der Waals surface area (Å²) < 4.78 is 12.5. The van der Waals surface area contributed by atoms with Crippen LogP contribution in [0.4, 0.5) is 4.39 Å². The van der Waals surface area contributed by atoms with Crippen LogP contribution < -0.4 is 0 Å². The summed E-state index contributed by atoms with van der Waals surface area (Å²) in [6.07, 6.45) is 0. The summed E-state index contributed by atoms with van der Waals surface area (Å²) in [5, 5.41) is 7.61. The summed E-state index contributed by atoms with van der Waals surface area (Å²) in [7, 11) is 0. The van der Waals surface area contributed by atoms with Crippen LogP contribution in [0.25, 0.3) is 0 Å². The van der Waals surface area contributed by atoms with Gasteiger partial charge in [-0.15, -0.1) is 0 Å². The highest BCUT2D eigenvalue weighted by molar-refractivity contribution is 7.08. The molecule has 0 fully saturated rings. The van der Waals surface area contributed by atoms with Crippen molar-refractivity contribution in [3.8, 4) is 0 Å². The standard InChI is InChI=1S/2C11H11ClO4.C11H11FO4.C11H12O4.C10H6O4S2/c1-7(2)10(13)15-16-11(14)8-3-5-9(12)6-4-8;1-7(2)10(13)15-16-11(14)8-4-3-5-9(12)6-8;1-7(2)10(13)15-16-11(14)8-3-5-9(12)6-4-8;1-8(2)10(12)14-15-11(13)9-6-4-3-5-7-9;11-9(7-1-3-15-5-7)13-14-10(12)8-2-4-16-6-8/h3*3-7H,1-2H3;3-8H,1-2H3;1-6H. The van der Waals surface area contributed by atoms with Crippen molar-refractivity contribution >= 4 is 106 Å². The number of hydrogen-bond donors (Lipinski definition) is 0. The van der Waals surface area contributed by atoms with Gasteiger partial charge in [-0.2, -0.15) is 22.7 Å². The largest absolute Gasteiger partial charge is 0.387 e. The molecule has 20 nitrogen and oxygen atoms in total. The fourth-order valence-electron chi connectivity index (χ4n) is 4.19. The van der Waals surface area contributed by atoms with Crippen molar-refractivity contribution < 1.29 is 101 Å². The monoisotopic (exact) mass is 1170 g/mol. The van der Waals surface area contributed by atoms with Crippen molar-refractivity contribution in [2.24, 2.45) is 23.7 Å². The Morgan fingerprint density at radius 1 is 0.342 bits per heavy atom. The minimum absolute atomic E-state index is 0.109. The van der Waals surface area contributed by atoms with Gasteiger partial charge in [-0.3, -0.25) is 0 Å². The number of halogens is 3. The second kappa shape index (κ2) is 35.7. The maximum absolute atomic E-state index is 12.5. The molecule has 4 aromatic carbocycles. The number of thiophene rings is 2. The lowest BCUT2D eigenvalue weighted by Crippen LogP contribution is -2.15. The van der Waals surface area contributed by atoms with Gasteiger partial charge in [0.15, 0.2) is 0 Å². The number of hydrogen-bond acceptors (Lipinski definition) is 22. The normalized spacial score (nSPS) is 9.91. The van der Waals surface area contributed by atoms with Crippen LogP contribution in [0, 0.1) is 29.5 Å². The third-order valence-corrected chi connectivity index (χ3v) is 10.5. The molecule has 0 aliphatic carbocycles. The average molecular weight is 1170 g/mol. The lowest BCUT2D eigenvalue weighted by molar-refractivity contribution is -0.237. The predicted octanol–water partition coefficient (Wildman–Crippen LogP) is 12.0. The molecule has 25 heteroatoms. The molecule has 0 aliphatic rings. The number of rotatable bonds is 10. The Kier molecular flexibility index (Phi) is 30.1. The Balaban J connectivity index is 0.000000338. The summed E-state index contributed by atoms with van der Waals surface area (Å²) >= 11 is 14.1. The summed E-state index contributed by atoms with van der Waals surface area (Å²) in [5.74, 6) is -8.64. The molecule has 0 bridgehead atoms. The first-order valence-electron chi connectivity index (χ1n) is 22.9. The minimum Gasteiger partial charge on any atom is -0.247 e. The molecular weight excluding hydrogens is 1120 g/mol. The number of carbonyl (C=O) groups excluding carboxylic acids is 10. The van der Waals surface area contributed by atoms with E-state index in [2.05, 4.69) is 48.9 Å². The van der Waals surface area contributed by atoms with Crippen molar-refractivity contribution in [2.75, 3.05) is 0 Å². The molecule has 2 aromatic heterocycles. The first-order chi connectivity index (χ1) is 37.4. The van der Waals surface area contributed by atoms with Crippen LogP contribution in [0.15, 0.2) is 137 Å². The molecule has 2 heterocycles. The third kappa shape index (κ3) is 26.9. The SMILES string of the molecule is CC(C)C(=O)OOC(=O)c1ccc(Cl)cc1.CC(C)C(=O)OOC(=O)c1ccc(F)cc1.CC(C)C(=O)OOC(=O)c1cccc(Cl)c1.CC(C)C(=O)OOC(=O)c1ccccc1.O=C(OOC(=O)c1ccsc1)c1ccsc1. The molecule has 0 unspecified atom stereocenters. The maximum atomic E-state index is 12.5. The Labute approximate surface area is 469 Å². The summed E-state index contributed by atoms with van der Waals surface area (Å²) in [6, 6.07) is 28.4. The van der Waals surface area contributed by atoms with Gasteiger partial charge in [0.25, 0.3) is 0 Å². The van der Waals surface area contributed by atoms with E-state index in [9.17, 15) is 52.3 Å². The number of benzene rings is 4. The smallest absolute Gasteiger partial charge is 0.247 e. The molecule has 0 atom stereocenters. The second-order valence-electron chi connectivity index (χ2n) is 16.4. The van der Waals surface area contributed by atoms with E-state index in [0.29, 0.717) is 26.7 Å². The summed E-state index contributed by atoms with van der Waals surface area (Å²) in [4.78, 5) is 155. The van der Waals surface area contributed by atoms with E-state index in [4.69, 9.17) is 23.2 Å². The Morgan fingerprint density at radius 2 is 0.646 bits per heavy atom. The molecule has 0 saturated carbocycles. The van der Waals surface area contributed by atoms with Crippen LogP contribution in [0.1, 0.15) is 118 Å². The van der Waals surface area contributed by atoms with Crippen molar-refractivity contribution in [1.29, 1.82) is 0 Å². The fraction of sp³-hybridized carbons (Fsp3) is 0.222. The van der Waals surface area contributed by atoms with Crippen molar-refractivity contribution in [1.82, 2.24) is 0 Å². The van der Waals surface area contributed by atoms with Gasteiger partial charge >= 0.3 is 59.7 Å². The van der Waals surface area contributed by atoms with Gasteiger partial charge in [-0.25, -0.2) is 101 Å². The zero-order valence-electron chi connectivity index (χ0n) is 43.2. The van der Waals surface area contributed by atoms with Gasteiger partial charge in [0, 0.05) is 20.8 Å². The third-order valence-electron chi connectivity index (χ3n) is 8.62. The molecule has 79 heavy (non-hydrogen) atoms. The summed E-state index contributed by atoms with van der Waals surface area (Å²) in [6.45, 7) is 13.1. The first kappa shape index (κ1) is 66.6. The molecule has 6 aromatic rings. The maximum Gasteiger partial charge on any atom is 0.387 e. The Hall–Kier alpha value is -8.51. The van der Waals surface area contributed by atoms with Crippen LogP contribution in [0.2, 0.25) is 10.0 Å². The van der Waals surface area contributed by atoms with Crippen molar-refractivity contribution in [3.05, 3.63) is 186 Å². The van der Waals surface area contributed by atoms with Gasteiger partial charge in [0.2, 0.25) is 0 Å². The van der Waals surface area contributed by atoms with Crippen molar-refractivity contribution in [3.63, 3.8) is 0 Å². The van der Waals surface area contributed by atoms with Gasteiger partial charge in [0.1, 0.15) is 5.82 Å². The highest BCUT2D eigenvalue weighted by atomic mass is 35.5. The summed E-state index contributed by atoms with van der Waals surface area (Å²) in [5.41, 5.74) is 1.67. The molecule has 0 N–H and O–H groups in total. The molecule has 0 radical (unpaired) electrons. The van der Waals surface area contributed by atoms with Gasteiger partial charge in [0.05, 0.1) is 57.1 Å². The van der Waals surface area contributed by atoms with E-state index < -0.39 is 65.5 Å². The number of carbonyl (C=O) groups is 10. The van der Waals surface area contributed by atoms with E-state index in [1.54, 1.807) is 144 Å². The van der Waals surface area contributed by atoms with Crippen LogP contribution in [-0.4, -0.2) is 59.7 Å². The molecular formula is C54H51Cl2FO20S2. The molecule has 420 valence electrons. The lowest BCUT2D eigenvalue weighted by Gasteiger charge is -2.04. The Bertz CT molecular complexity index is 2790. The predicted molar refractivity (Wildman–Crippen MR) is 281 cm³/mol. The molecule has 0 spiro atoms. The molecule has 0 aliphatic heterocycles. The van der Waals surface area contributed by atoms with E-state index in [-0.39, 0.29) is 40.4 Å². The topological polar surface area (TPSA) is 263 Å². The fourth-order valence-corrected chi connectivity index (χ4v) is 5.75. The van der Waals surface area contributed by atoms with E-state index in [1.165, 1.54) is 59.1 Å². The van der Waals surface area contributed by atoms with E-state index in [0.717, 1.165) is 12.1 Å². The van der Waals surface area contributed by atoms with Gasteiger partial charge in [-0.1, -0.05) is 103 Å². The van der Waals surface area contributed by atoms with Crippen LogP contribution >= 0.6 is 45.9 Å². The zero-order chi connectivity index (χ0) is 59.0. The van der Waals surface area contributed by atoms with E-state index >= 15 is 0 Å². The highest BCUT2D eigenvalue weighted by Crippen LogP contribution is 2.15. The second-order valence-corrected chi connectivity index (χ2v) is 18.8. The van der Waals surface area contributed by atoms with Crippen molar-refractivity contribution in [2.45, 2.75) is 55.4 Å². The Morgan fingerprint density at radius 3 is 0.975 bits per heavy atom. The van der Waals surface area contributed by atoms with Crippen LogP contribution in [0.3, 0.4) is 0 Å². The molecule has 6 rings (SSSR count). The van der Waals surface area contributed by atoms with Crippen LogP contribution in [-0.2, 0) is 68.1 Å². The molecule has 0 amide bonds. The quantitative estimate of drug-likeness (QED) is 0.0911. The first-order valence-corrected chi connectivity index (χ1v) is 25.5. The van der Waals surface area contributed by atoms with E-state index in [1.807, 2.05) is 0 Å².